The number of nitrogens with zero attached hydrogens (tertiary/aromatic N) is 4. The number of benzene rings is 1. The minimum absolute atomic E-state index is 0.324. The van der Waals surface area contributed by atoms with E-state index in [4.69, 9.17) is 20.6 Å². The summed E-state index contributed by atoms with van der Waals surface area (Å²) in [5.74, 6) is 2.74. The smallest absolute Gasteiger partial charge is 0.247 e. The average molecular weight is 330 g/mol. The average Bonchev–Trinajstić information content (AvgIpc) is 3.01. The van der Waals surface area contributed by atoms with Gasteiger partial charge >= 0.3 is 0 Å². The molecule has 8 nitrogen and oxygen atoms in total. The molecule has 0 aliphatic rings. The van der Waals surface area contributed by atoms with Crippen molar-refractivity contribution in [2.24, 2.45) is 0 Å². The van der Waals surface area contributed by atoms with Crippen molar-refractivity contribution >= 4 is 23.4 Å². The second-order valence-corrected chi connectivity index (χ2v) is 5.46. The van der Waals surface area contributed by atoms with E-state index >= 15 is 0 Å². The lowest BCUT2D eigenvalue weighted by Gasteiger charge is -2.00. The van der Waals surface area contributed by atoms with E-state index in [2.05, 4.69) is 20.2 Å². The molecule has 23 heavy (non-hydrogen) atoms. The quantitative estimate of drug-likeness (QED) is 0.533. The summed E-state index contributed by atoms with van der Waals surface area (Å²) in [4.78, 5) is 8.16. The van der Waals surface area contributed by atoms with Crippen LogP contribution in [-0.2, 0) is 5.75 Å². The van der Waals surface area contributed by atoms with Gasteiger partial charge in [-0.2, -0.15) is 0 Å². The Morgan fingerprint density at radius 2 is 1.78 bits per heavy atom. The van der Waals surface area contributed by atoms with Gasteiger partial charge in [0.2, 0.25) is 11.8 Å². The van der Waals surface area contributed by atoms with Crippen LogP contribution in [0.1, 0.15) is 5.89 Å². The highest BCUT2D eigenvalue weighted by molar-refractivity contribution is 7.98. The van der Waals surface area contributed by atoms with Crippen molar-refractivity contribution in [3.8, 4) is 17.2 Å². The molecule has 0 radical (unpaired) electrons. The molecule has 0 bridgehead atoms. The van der Waals surface area contributed by atoms with Gasteiger partial charge < -0.3 is 20.6 Å². The highest BCUT2D eigenvalue weighted by Gasteiger charge is 2.10. The zero-order chi connectivity index (χ0) is 16.2. The van der Waals surface area contributed by atoms with Crippen molar-refractivity contribution in [1.29, 1.82) is 0 Å². The molecule has 0 saturated carbocycles. The molecule has 0 fully saturated rings. The van der Waals surface area contributed by atoms with Crippen LogP contribution in [-0.4, -0.2) is 27.3 Å². The van der Waals surface area contributed by atoms with Gasteiger partial charge in [0, 0.05) is 11.6 Å². The Balaban J connectivity index is 1.69. The second-order valence-electron chi connectivity index (χ2n) is 4.52. The summed E-state index contributed by atoms with van der Waals surface area (Å²) in [6, 6.07) is 8.86. The number of methoxy groups -OCH3 is 1. The monoisotopic (exact) mass is 330 g/mol. The highest BCUT2D eigenvalue weighted by Crippen LogP contribution is 2.24. The maximum absolute atomic E-state index is 5.63. The van der Waals surface area contributed by atoms with Gasteiger partial charge in [-0.3, -0.25) is 0 Å². The van der Waals surface area contributed by atoms with Crippen LogP contribution in [0.2, 0.25) is 0 Å². The Kier molecular flexibility index (Phi) is 4.29. The fourth-order valence-corrected chi connectivity index (χ4v) is 2.52. The van der Waals surface area contributed by atoms with Crippen molar-refractivity contribution in [3.63, 3.8) is 0 Å². The minimum Gasteiger partial charge on any atom is -0.497 e. The first kappa shape index (κ1) is 15.1. The molecule has 9 heteroatoms. The fraction of sp³-hybridized carbons (Fsp3) is 0.143. The van der Waals surface area contributed by atoms with Crippen LogP contribution < -0.4 is 16.2 Å². The molecule has 0 saturated heterocycles. The van der Waals surface area contributed by atoms with Crippen LogP contribution in [0, 0.1) is 0 Å². The Labute approximate surface area is 136 Å². The lowest BCUT2D eigenvalue weighted by atomic mass is 10.2. The van der Waals surface area contributed by atoms with E-state index in [1.165, 1.54) is 17.8 Å². The third-order valence-electron chi connectivity index (χ3n) is 2.87. The first-order valence-electron chi connectivity index (χ1n) is 6.63. The second kappa shape index (κ2) is 6.53. The molecular weight excluding hydrogens is 316 g/mol. The molecule has 2 aromatic heterocycles. The largest absolute Gasteiger partial charge is 0.497 e. The number of hydrogen-bond acceptors (Lipinski definition) is 9. The molecule has 0 aliphatic carbocycles. The van der Waals surface area contributed by atoms with E-state index in [9.17, 15) is 0 Å². The van der Waals surface area contributed by atoms with Gasteiger partial charge in [0.05, 0.1) is 12.9 Å². The van der Waals surface area contributed by atoms with Crippen LogP contribution in [0.3, 0.4) is 0 Å². The first-order chi connectivity index (χ1) is 11.1. The zero-order valence-electron chi connectivity index (χ0n) is 12.3. The summed E-state index contributed by atoms with van der Waals surface area (Å²) in [5.41, 5.74) is 12.1. The van der Waals surface area contributed by atoms with Crippen LogP contribution in [0.25, 0.3) is 11.5 Å². The fourth-order valence-electron chi connectivity index (χ4n) is 1.81. The normalized spacial score (nSPS) is 10.7. The van der Waals surface area contributed by atoms with Crippen molar-refractivity contribution in [1.82, 2.24) is 20.2 Å². The molecule has 2 heterocycles. The van der Waals surface area contributed by atoms with Gasteiger partial charge in [-0.25, -0.2) is 9.97 Å². The summed E-state index contributed by atoms with van der Waals surface area (Å²) in [5, 5.41) is 8.50. The zero-order valence-corrected chi connectivity index (χ0v) is 13.1. The maximum Gasteiger partial charge on any atom is 0.247 e. The molecule has 1 aromatic carbocycles. The van der Waals surface area contributed by atoms with Gasteiger partial charge in [-0.15, -0.1) is 10.2 Å². The number of anilines is 2. The topological polar surface area (TPSA) is 126 Å². The number of hydrogen-bond donors (Lipinski definition) is 2. The van der Waals surface area contributed by atoms with E-state index in [-0.39, 0.29) is 0 Å². The van der Waals surface area contributed by atoms with Crippen LogP contribution >= 0.6 is 11.8 Å². The summed E-state index contributed by atoms with van der Waals surface area (Å²) in [7, 11) is 1.61. The molecule has 118 valence electrons. The van der Waals surface area contributed by atoms with Gasteiger partial charge in [-0.05, 0) is 24.3 Å². The Hall–Kier alpha value is -2.81. The molecule has 0 unspecified atom stereocenters. The van der Waals surface area contributed by atoms with Gasteiger partial charge in [0.15, 0.2) is 5.16 Å². The third-order valence-corrected chi connectivity index (χ3v) is 3.71. The minimum atomic E-state index is 0.324. The summed E-state index contributed by atoms with van der Waals surface area (Å²) >= 11 is 1.32. The summed E-state index contributed by atoms with van der Waals surface area (Å²) in [6.45, 7) is 0. The molecule has 0 spiro atoms. The van der Waals surface area contributed by atoms with E-state index < -0.39 is 0 Å². The highest BCUT2D eigenvalue weighted by atomic mass is 32.2. The van der Waals surface area contributed by atoms with Crippen LogP contribution in [0.5, 0.6) is 5.75 Å². The van der Waals surface area contributed by atoms with Crippen LogP contribution in [0.4, 0.5) is 11.6 Å². The van der Waals surface area contributed by atoms with Crippen molar-refractivity contribution < 1.29 is 9.15 Å². The lowest BCUT2D eigenvalue weighted by molar-refractivity contribution is 0.415. The number of ether oxygens (including phenoxy) is 1. The molecule has 0 atom stereocenters. The Morgan fingerprint density at radius 1 is 1.09 bits per heavy atom. The molecule has 3 aromatic rings. The maximum atomic E-state index is 5.63. The van der Waals surface area contributed by atoms with Gasteiger partial charge in [0.25, 0.3) is 0 Å². The predicted molar refractivity (Wildman–Crippen MR) is 86.7 cm³/mol. The van der Waals surface area contributed by atoms with Crippen molar-refractivity contribution in [2.45, 2.75) is 10.9 Å². The predicted octanol–water partition coefficient (Wildman–Crippen LogP) is 1.99. The Morgan fingerprint density at radius 3 is 2.43 bits per heavy atom. The van der Waals surface area contributed by atoms with Crippen molar-refractivity contribution in [3.05, 3.63) is 36.2 Å². The Bertz CT molecular complexity index is 785. The van der Waals surface area contributed by atoms with Crippen molar-refractivity contribution in [2.75, 3.05) is 18.6 Å². The van der Waals surface area contributed by atoms with E-state index in [0.717, 1.165) is 11.3 Å². The number of nitrogens with two attached hydrogens (primary N) is 2. The molecule has 4 N–H and O–H groups in total. The first-order valence-corrected chi connectivity index (χ1v) is 7.62. The third kappa shape index (κ3) is 3.69. The molecule has 3 rings (SSSR count). The van der Waals surface area contributed by atoms with E-state index in [0.29, 0.717) is 34.3 Å². The van der Waals surface area contributed by atoms with E-state index in [1.54, 1.807) is 7.11 Å². The van der Waals surface area contributed by atoms with Gasteiger partial charge in [-0.1, -0.05) is 11.8 Å². The number of nitrogen functional groups attached to an aromatic ring is 2. The van der Waals surface area contributed by atoms with Crippen LogP contribution in [0.15, 0.2) is 39.9 Å². The van der Waals surface area contributed by atoms with Gasteiger partial charge in [0.1, 0.15) is 17.4 Å². The summed E-state index contributed by atoms with van der Waals surface area (Å²) < 4.78 is 10.7. The SMILES string of the molecule is COc1ccc(-c2nnc(CSc3nc(N)cc(N)n3)o2)cc1. The standard InChI is InChI=1S/C14H14N6O2S/c1-21-9-4-2-8(3-5-9)13-20-19-12(22-13)7-23-14-17-10(15)6-11(16)18-14/h2-6H,7H2,1H3,(H4,15,16,17,18). The molecule has 0 aliphatic heterocycles. The number of aromatic nitrogens is 4. The summed E-state index contributed by atoms with van der Waals surface area (Å²) in [6.07, 6.45) is 0. The lowest BCUT2D eigenvalue weighted by Crippen LogP contribution is -1.99. The number of thioether (sulfide) groups is 1. The molecular formula is C14H14N6O2S. The number of rotatable bonds is 5. The molecule has 0 amide bonds. The van der Waals surface area contributed by atoms with E-state index in [1.807, 2.05) is 24.3 Å².